The van der Waals surface area contributed by atoms with E-state index in [4.69, 9.17) is 0 Å². The van der Waals surface area contributed by atoms with E-state index in [1.807, 2.05) is 20.8 Å². The molecule has 0 bridgehead atoms. The lowest BCUT2D eigenvalue weighted by molar-refractivity contribution is 0.0500. The van der Waals surface area contributed by atoms with E-state index in [1.54, 1.807) is 19.1 Å². The van der Waals surface area contributed by atoms with Crippen molar-refractivity contribution in [1.29, 1.82) is 0 Å². The summed E-state index contributed by atoms with van der Waals surface area (Å²) in [6, 6.07) is 4.56. The Morgan fingerprint density at radius 3 is 2.35 bits per heavy atom. The molecule has 17 heavy (non-hydrogen) atoms. The molecule has 1 aromatic rings. The number of rotatable bonds is 3. The van der Waals surface area contributed by atoms with E-state index >= 15 is 0 Å². The normalized spacial score (nSPS) is 15.7. The number of nitrogens with one attached hydrogen (secondary N) is 1. The van der Waals surface area contributed by atoms with E-state index in [9.17, 15) is 9.50 Å². The van der Waals surface area contributed by atoms with Crippen molar-refractivity contribution in [2.45, 2.75) is 38.8 Å². The van der Waals surface area contributed by atoms with Gasteiger partial charge in [0.2, 0.25) is 0 Å². The summed E-state index contributed by atoms with van der Waals surface area (Å²) in [5.74, 6) is -0.326. The molecule has 0 heterocycles. The summed E-state index contributed by atoms with van der Waals surface area (Å²) in [5.41, 5.74) is -0.410. The second-order valence-corrected chi connectivity index (χ2v) is 6.36. The molecule has 0 aliphatic carbocycles. The van der Waals surface area contributed by atoms with Crippen LogP contribution in [0.2, 0.25) is 0 Å². The van der Waals surface area contributed by atoms with Gasteiger partial charge in [-0.2, -0.15) is 0 Å². The van der Waals surface area contributed by atoms with Crippen LogP contribution in [0.1, 0.15) is 33.3 Å². The second kappa shape index (κ2) is 5.04. The Labute approximate surface area is 110 Å². The van der Waals surface area contributed by atoms with Crippen molar-refractivity contribution in [2.24, 2.45) is 0 Å². The summed E-state index contributed by atoms with van der Waals surface area (Å²) in [6.07, 6.45) is 0. The van der Waals surface area contributed by atoms with Gasteiger partial charge in [0.25, 0.3) is 0 Å². The number of β-amino-alcohol motifs (C(OH)–C–C–N with tert-alkyl or cyclic N) is 1. The first-order chi connectivity index (χ1) is 7.62. The molecule has 96 valence electrons. The number of hydrogen-bond donors (Lipinski definition) is 2. The summed E-state index contributed by atoms with van der Waals surface area (Å²) in [6.45, 7) is 8.22. The van der Waals surface area contributed by atoms with Gasteiger partial charge in [-0.25, -0.2) is 4.39 Å². The average Bonchev–Trinajstić information content (AvgIpc) is 2.18. The van der Waals surface area contributed by atoms with Crippen LogP contribution in [0.15, 0.2) is 22.7 Å². The maximum Gasteiger partial charge on any atom is 0.137 e. The third-order valence-corrected chi connectivity index (χ3v) is 3.11. The van der Waals surface area contributed by atoms with Crippen molar-refractivity contribution in [2.75, 3.05) is 6.54 Å². The molecule has 0 aromatic heterocycles. The molecule has 4 heteroatoms. The van der Waals surface area contributed by atoms with Crippen molar-refractivity contribution in [3.05, 3.63) is 34.1 Å². The molecular formula is C13H19BrFNO. The lowest BCUT2D eigenvalue weighted by Crippen LogP contribution is -2.44. The maximum absolute atomic E-state index is 13.1. The summed E-state index contributed by atoms with van der Waals surface area (Å²) in [7, 11) is 0. The molecule has 2 N–H and O–H groups in total. The molecule has 0 saturated carbocycles. The number of benzene rings is 1. The fraction of sp³-hybridized carbons (Fsp3) is 0.538. The molecule has 1 rings (SSSR count). The van der Waals surface area contributed by atoms with E-state index < -0.39 is 5.60 Å². The predicted molar refractivity (Wildman–Crippen MR) is 71.4 cm³/mol. The van der Waals surface area contributed by atoms with E-state index in [0.29, 0.717) is 16.6 Å². The molecule has 0 amide bonds. The van der Waals surface area contributed by atoms with Crippen LogP contribution in [-0.4, -0.2) is 17.2 Å². The van der Waals surface area contributed by atoms with Gasteiger partial charge in [-0.3, -0.25) is 0 Å². The lowest BCUT2D eigenvalue weighted by Gasteiger charge is -2.30. The molecule has 0 fully saturated rings. The fourth-order valence-corrected chi connectivity index (χ4v) is 1.75. The summed E-state index contributed by atoms with van der Waals surface area (Å²) < 4.78 is 13.5. The van der Waals surface area contributed by atoms with E-state index in [0.717, 1.165) is 0 Å². The Hall–Kier alpha value is -0.450. The second-order valence-electron chi connectivity index (χ2n) is 5.51. The number of halogens is 2. The lowest BCUT2D eigenvalue weighted by atomic mass is 9.94. The van der Waals surface area contributed by atoms with Crippen molar-refractivity contribution in [3.8, 4) is 0 Å². The van der Waals surface area contributed by atoms with Gasteiger partial charge in [-0.05, 0) is 61.3 Å². The van der Waals surface area contributed by atoms with Gasteiger partial charge in [-0.15, -0.1) is 0 Å². The highest BCUT2D eigenvalue weighted by Crippen LogP contribution is 2.25. The maximum atomic E-state index is 13.1. The SMILES string of the molecule is CC(C)(C)NCC(C)(O)c1ccc(F)c(Br)c1. The molecule has 0 radical (unpaired) electrons. The highest BCUT2D eigenvalue weighted by Gasteiger charge is 2.25. The molecule has 1 atom stereocenters. The summed E-state index contributed by atoms with van der Waals surface area (Å²) >= 11 is 3.12. The van der Waals surface area contributed by atoms with Crippen molar-refractivity contribution in [3.63, 3.8) is 0 Å². The average molecular weight is 304 g/mol. The predicted octanol–water partition coefficient (Wildman–Crippen LogP) is 3.18. The third-order valence-electron chi connectivity index (χ3n) is 2.50. The quantitative estimate of drug-likeness (QED) is 0.899. The Morgan fingerprint density at radius 1 is 1.29 bits per heavy atom. The van der Waals surface area contributed by atoms with Crippen LogP contribution in [0, 0.1) is 5.82 Å². The van der Waals surface area contributed by atoms with Gasteiger partial charge in [0.05, 0.1) is 10.1 Å². The number of hydrogen-bond acceptors (Lipinski definition) is 2. The Morgan fingerprint density at radius 2 is 1.88 bits per heavy atom. The van der Waals surface area contributed by atoms with Crippen LogP contribution >= 0.6 is 15.9 Å². The zero-order valence-corrected chi connectivity index (χ0v) is 12.2. The number of aliphatic hydroxyl groups is 1. The monoisotopic (exact) mass is 303 g/mol. The fourth-order valence-electron chi connectivity index (χ4n) is 1.37. The molecule has 1 aromatic carbocycles. The van der Waals surface area contributed by atoms with Crippen molar-refractivity contribution < 1.29 is 9.50 Å². The molecular weight excluding hydrogens is 285 g/mol. The van der Waals surface area contributed by atoms with Crippen LogP contribution < -0.4 is 5.32 Å². The summed E-state index contributed by atoms with van der Waals surface area (Å²) in [5, 5.41) is 13.6. The van der Waals surface area contributed by atoms with Crippen molar-refractivity contribution >= 4 is 15.9 Å². The van der Waals surface area contributed by atoms with Crippen molar-refractivity contribution in [1.82, 2.24) is 5.32 Å². The largest absolute Gasteiger partial charge is 0.384 e. The van der Waals surface area contributed by atoms with Crippen LogP contribution in [-0.2, 0) is 5.60 Å². The van der Waals surface area contributed by atoms with Gasteiger partial charge in [0.15, 0.2) is 0 Å². The third kappa shape index (κ3) is 4.37. The van der Waals surface area contributed by atoms with E-state index in [1.165, 1.54) is 6.07 Å². The highest BCUT2D eigenvalue weighted by molar-refractivity contribution is 9.10. The highest BCUT2D eigenvalue weighted by atomic mass is 79.9. The van der Waals surface area contributed by atoms with Crippen LogP contribution in [0.3, 0.4) is 0 Å². The Balaban J connectivity index is 2.85. The minimum absolute atomic E-state index is 0.0682. The zero-order chi connectivity index (χ0) is 13.3. The smallest absolute Gasteiger partial charge is 0.137 e. The molecule has 0 saturated heterocycles. The first-order valence-corrected chi connectivity index (χ1v) is 6.34. The van der Waals surface area contributed by atoms with E-state index in [-0.39, 0.29) is 11.4 Å². The van der Waals surface area contributed by atoms with Gasteiger partial charge in [0.1, 0.15) is 5.82 Å². The molecule has 2 nitrogen and oxygen atoms in total. The zero-order valence-electron chi connectivity index (χ0n) is 10.6. The molecule has 0 aliphatic heterocycles. The minimum atomic E-state index is -1.02. The van der Waals surface area contributed by atoms with Gasteiger partial charge >= 0.3 is 0 Å². The Bertz CT molecular complexity index is 399. The molecule has 0 spiro atoms. The first-order valence-electron chi connectivity index (χ1n) is 5.55. The topological polar surface area (TPSA) is 32.3 Å². The first kappa shape index (κ1) is 14.6. The van der Waals surface area contributed by atoms with Crippen LogP contribution in [0.5, 0.6) is 0 Å². The Kier molecular flexibility index (Phi) is 4.33. The minimum Gasteiger partial charge on any atom is -0.384 e. The summed E-state index contributed by atoms with van der Waals surface area (Å²) in [4.78, 5) is 0. The molecule has 1 unspecified atom stereocenters. The van der Waals surface area contributed by atoms with Crippen LogP contribution in [0.4, 0.5) is 4.39 Å². The van der Waals surface area contributed by atoms with E-state index in [2.05, 4.69) is 21.2 Å². The van der Waals surface area contributed by atoms with Gasteiger partial charge < -0.3 is 10.4 Å². The van der Waals surface area contributed by atoms with Gasteiger partial charge in [-0.1, -0.05) is 6.07 Å². The molecule has 0 aliphatic rings. The standard InChI is InChI=1S/C13H19BrFNO/c1-12(2,3)16-8-13(4,17)9-5-6-11(15)10(14)7-9/h5-7,16-17H,8H2,1-4H3. The van der Waals surface area contributed by atoms with Gasteiger partial charge in [0, 0.05) is 12.1 Å². The van der Waals surface area contributed by atoms with Crippen LogP contribution in [0.25, 0.3) is 0 Å².